The highest BCUT2D eigenvalue weighted by atomic mass is 19.4. The second kappa shape index (κ2) is 4.60. The van der Waals surface area contributed by atoms with Gasteiger partial charge < -0.3 is 10.5 Å². The molecule has 2 aromatic carbocycles. The zero-order valence-electron chi connectivity index (χ0n) is 9.16. The van der Waals surface area contributed by atoms with Gasteiger partial charge in [-0.25, -0.2) is 0 Å². The van der Waals surface area contributed by atoms with Crippen molar-refractivity contribution in [3.05, 3.63) is 54.1 Å². The number of rotatable bonds is 2. The van der Waals surface area contributed by atoms with E-state index in [1.165, 1.54) is 42.5 Å². The maximum absolute atomic E-state index is 12.7. The minimum Gasteiger partial charge on any atom is -0.457 e. The van der Waals surface area contributed by atoms with Crippen molar-refractivity contribution in [3.8, 4) is 11.5 Å². The Hall–Kier alpha value is -2.17. The molecular formula is C13H9F3NO. The first kappa shape index (κ1) is 12.3. The van der Waals surface area contributed by atoms with Crippen molar-refractivity contribution < 1.29 is 17.9 Å². The molecule has 2 aromatic rings. The molecule has 0 bridgehead atoms. The highest BCUT2D eigenvalue weighted by molar-refractivity contribution is 5.43. The second-order valence-electron chi connectivity index (χ2n) is 3.62. The van der Waals surface area contributed by atoms with E-state index < -0.39 is 11.7 Å². The third kappa shape index (κ3) is 2.74. The molecule has 2 rings (SSSR count). The lowest BCUT2D eigenvalue weighted by molar-refractivity contribution is -0.138. The molecule has 0 aliphatic carbocycles. The van der Waals surface area contributed by atoms with Gasteiger partial charge in [0.25, 0.3) is 0 Å². The number of ether oxygens (including phenoxy) is 1. The van der Waals surface area contributed by atoms with Crippen LogP contribution >= 0.6 is 0 Å². The minimum atomic E-state index is -4.45. The first-order valence-corrected chi connectivity index (χ1v) is 5.12. The molecule has 0 saturated heterocycles. The summed E-state index contributed by atoms with van der Waals surface area (Å²) in [6, 6.07) is 10.8. The van der Waals surface area contributed by atoms with Crippen LogP contribution in [0.1, 0.15) is 5.56 Å². The highest BCUT2D eigenvalue weighted by Crippen LogP contribution is 2.37. The van der Waals surface area contributed by atoms with Crippen LogP contribution in [0, 0.1) is 0 Å². The summed E-state index contributed by atoms with van der Waals surface area (Å²) in [6.45, 7) is 0. The fourth-order valence-electron chi connectivity index (χ4n) is 1.44. The second-order valence-corrected chi connectivity index (χ2v) is 3.62. The van der Waals surface area contributed by atoms with Crippen LogP contribution in [0.15, 0.2) is 48.5 Å². The summed E-state index contributed by atoms with van der Waals surface area (Å²) in [4.78, 5) is 0. The number of hydrogen-bond donors (Lipinski definition) is 0. The minimum absolute atomic E-state index is 0.247. The number of halogens is 3. The average Bonchev–Trinajstić information content (AvgIpc) is 2.31. The topological polar surface area (TPSA) is 33.0 Å². The molecule has 18 heavy (non-hydrogen) atoms. The Morgan fingerprint density at radius 2 is 1.50 bits per heavy atom. The molecule has 1 radical (unpaired) electrons. The van der Waals surface area contributed by atoms with Gasteiger partial charge in [-0.15, -0.1) is 0 Å². The third-order valence-corrected chi connectivity index (χ3v) is 2.27. The van der Waals surface area contributed by atoms with E-state index in [0.717, 1.165) is 6.07 Å². The maximum Gasteiger partial charge on any atom is 0.419 e. The normalized spacial score (nSPS) is 11.3. The number of hydrogen-bond acceptors (Lipinski definition) is 1. The Morgan fingerprint density at radius 1 is 0.889 bits per heavy atom. The molecule has 0 aliphatic heterocycles. The zero-order chi connectivity index (χ0) is 13.2. The summed E-state index contributed by atoms with van der Waals surface area (Å²) in [5.74, 6) is 0.0189. The smallest absolute Gasteiger partial charge is 0.419 e. The Labute approximate surface area is 102 Å². The molecule has 1 N–H and O–H groups in total. The average molecular weight is 252 g/mol. The van der Waals surface area contributed by atoms with Crippen LogP contribution < -0.4 is 10.5 Å². The van der Waals surface area contributed by atoms with Crippen molar-refractivity contribution in [3.63, 3.8) is 0 Å². The first-order valence-electron chi connectivity index (χ1n) is 5.12. The number of nitrogens with one attached hydrogen (secondary N) is 1. The Balaban J connectivity index is 2.32. The van der Waals surface area contributed by atoms with E-state index in [1.807, 2.05) is 0 Å². The van der Waals surface area contributed by atoms with E-state index in [-0.39, 0.29) is 17.2 Å². The lowest BCUT2D eigenvalue weighted by atomic mass is 10.2. The number of benzene rings is 2. The Bertz CT molecular complexity index is 535. The summed E-state index contributed by atoms with van der Waals surface area (Å²) in [5.41, 5.74) is 6.73. The van der Waals surface area contributed by atoms with Gasteiger partial charge in [0.1, 0.15) is 11.5 Å². The predicted octanol–water partition coefficient (Wildman–Crippen LogP) is 4.41. The van der Waals surface area contributed by atoms with Crippen LogP contribution in [-0.2, 0) is 6.18 Å². The van der Waals surface area contributed by atoms with Crippen molar-refractivity contribution in [1.29, 1.82) is 0 Å². The molecule has 2 nitrogen and oxygen atoms in total. The standard InChI is InChI=1S/C13H9F3NO/c14-13(15,16)11-3-1-2-4-12(11)18-10-7-5-9(17)6-8-10/h1-8,17H. The van der Waals surface area contributed by atoms with E-state index in [9.17, 15) is 13.2 Å². The van der Waals surface area contributed by atoms with Gasteiger partial charge in [-0.05, 0) is 36.4 Å². The molecule has 0 atom stereocenters. The van der Waals surface area contributed by atoms with Crippen LogP contribution in [0.3, 0.4) is 0 Å². The van der Waals surface area contributed by atoms with Crippen molar-refractivity contribution in [2.24, 2.45) is 0 Å². The van der Waals surface area contributed by atoms with Crippen LogP contribution in [0.25, 0.3) is 0 Å². The van der Waals surface area contributed by atoms with Gasteiger partial charge in [0.15, 0.2) is 0 Å². The van der Waals surface area contributed by atoms with Crippen molar-refractivity contribution in [2.45, 2.75) is 6.18 Å². The number of alkyl halides is 3. The molecule has 0 aliphatic rings. The zero-order valence-corrected chi connectivity index (χ0v) is 9.16. The molecule has 0 amide bonds. The van der Waals surface area contributed by atoms with E-state index in [4.69, 9.17) is 10.5 Å². The van der Waals surface area contributed by atoms with Gasteiger partial charge in [-0.2, -0.15) is 13.2 Å². The molecular weight excluding hydrogens is 243 g/mol. The Kier molecular flexibility index (Phi) is 3.14. The van der Waals surface area contributed by atoms with Gasteiger partial charge in [-0.1, -0.05) is 12.1 Å². The third-order valence-electron chi connectivity index (χ3n) is 2.27. The quantitative estimate of drug-likeness (QED) is 0.779. The monoisotopic (exact) mass is 252 g/mol. The summed E-state index contributed by atoms with van der Waals surface area (Å²) in [7, 11) is 0. The highest BCUT2D eigenvalue weighted by Gasteiger charge is 2.34. The lowest BCUT2D eigenvalue weighted by Crippen LogP contribution is -2.06. The van der Waals surface area contributed by atoms with Gasteiger partial charge in [0.05, 0.1) is 11.3 Å². The van der Waals surface area contributed by atoms with E-state index in [0.29, 0.717) is 0 Å². The summed E-state index contributed by atoms with van der Waals surface area (Å²) >= 11 is 0. The molecule has 93 valence electrons. The molecule has 0 unspecified atom stereocenters. The van der Waals surface area contributed by atoms with Crippen molar-refractivity contribution >= 4 is 5.69 Å². The van der Waals surface area contributed by atoms with Gasteiger partial charge >= 0.3 is 6.18 Å². The van der Waals surface area contributed by atoms with Crippen LogP contribution in [0.5, 0.6) is 11.5 Å². The SMILES string of the molecule is [NH]c1ccc(Oc2ccccc2C(F)(F)F)cc1. The lowest BCUT2D eigenvalue weighted by Gasteiger charge is -2.13. The van der Waals surface area contributed by atoms with Gasteiger partial charge in [0, 0.05) is 0 Å². The van der Waals surface area contributed by atoms with Crippen LogP contribution in [0.2, 0.25) is 0 Å². The molecule has 0 saturated carbocycles. The van der Waals surface area contributed by atoms with E-state index >= 15 is 0 Å². The molecule has 0 fully saturated rings. The van der Waals surface area contributed by atoms with Crippen LogP contribution in [0.4, 0.5) is 18.9 Å². The van der Waals surface area contributed by atoms with E-state index in [1.54, 1.807) is 0 Å². The van der Waals surface area contributed by atoms with Crippen molar-refractivity contribution in [2.75, 3.05) is 0 Å². The molecule has 0 aromatic heterocycles. The fraction of sp³-hybridized carbons (Fsp3) is 0.0769. The Morgan fingerprint density at radius 3 is 2.11 bits per heavy atom. The first-order chi connectivity index (χ1) is 8.47. The molecule has 5 heteroatoms. The van der Waals surface area contributed by atoms with Crippen molar-refractivity contribution in [1.82, 2.24) is 5.73 Å². The molecule has 0 spiro atoms. The molecule has 0 heterocycles. The fourth-order valence-corrected chi connectivity index (χ4v) is 1.44. The van der Waals surface area contributed by atoms with Gasteiger partial charge in [0.2, 0.25) is 0 Å². The van der Waals surface area contributed by atoms with Gasteiger partial charge in [-0.3, -0.25) is 0 Å². The summed E-state index contributed by atoms with van der Waals surface area (Å²) in [5, 5.41) is 0. The maximum atomic E-state index is 12.7. The largest absolute Gasteiger partial charge is 0.457 e. The summed E-state index contributed by atoms with van der Waals surface area (Å²) in [6.07, 6.45) is -4.45. The summed E-state index contributed by atoms with van der Waals surface area (Å²) < 4.78 is 43.3. The van der Waals surface area contributed by atoms with E-state index in [2.05, 4.69) is 0 Å². The predicted molar refractivity (Wildman–Crippen MR) is 60.7 cm³/mol. The number of para-hydroxylation sites is 1. The van der Waals surface area contributed by atoms with Crippen LogP contribution in [-0.4, -0.2) is 0 Å².